The van der Waals surface area contributed by atoms with E-state index in [-0.39, 0.29) is 34.9 Å². The van der Waals surface area contributed by atoms with Crippen LogP contribution in [0.2, 0.25) is 0 Å². The molecule has 0 aliphatic carbocycles. The fraction of sp³-hybridized carbons (Fsp3) is 0.250. The number of rotatable bonds is 5. The van der Waals surface area contributed by atoms with Gasteiger partial charge < -0.3 is 14.8 Å². The molecule has 0 unspecified atom stereocenters. The van der Waals surface area contributed by atoms with Crippen LogP contribution in [-0.4, -0.2) is 21.9 Å². The predicted octanol–water partition coefficient (Wildman–Crippen LogP) is 2.74. The fourth-order valence-corrected chi connectivity index (χ4v) is 2.39. The molecule has 0 aliphatic rings. The van der Waals surface area contributed by atoms with Crippen LogP contribution in [0.1, 0.15) is 43.4 Å². The molecule has 1 aromatic carbocycles. The number of furan rings is 1. The van der Waals surface area contributed by atoms with Crippen molar-refractivity contribution in [3.8, 4) is 0 Å². The Hall–Kier alpha value is -3.16. The molecule has 0 saturated carbocycles. The molecule has 0 radical (unpaired) electrons. The minimum Gasteiger partial charge on any atom is -0.478 e. The van der Waals surface area contributed by atoms with Crippen LogP contribution >= 0.6 is 0 Å². The Kier molecular flexibility index (Phi) is 4.68. The molecule has 126 valence electrons. The molecule has 1 amide bonds. The van der Waals surface area contributed by atoms with Crippen LogP contribution in [0.5, 0.6) is 0 Å². The summed E-state index contributed by atoms with van der Waals surface area (Å²) in [6.45, 7) is 4.79. The number of aryl methyl sites for hydroxylation is 3. The van der Waals surface area contributed by atoms with Gasteiger partial charge in [-0.25, -0.2) is 4.79 Å². The summed E-state index contributed by atoms with van der Waals surface area (Å²) in [4.78, 5) is 33.7. The number of hydrogen-bond donors (Lipinski definition) is 2. The highest BCUT2D eigenvalue weighted by Crippen LogP contribution is 2.23. The lowest BCUT2D eigenvalue weighted by Gasteiger charge is -2.08. The molecule has 0 bridgehead atoms. The van der Waals surface area contributed by atoms with E-state index in [2.05, 4.69) is 5.32 Å². The van der Waals surface area contributed by atoms with E-state index in [1.807, 2.05) is 0 Å². The summed E-state index contributed by atoms with van der Waals surface area (Å²) in [5.41, 5.74) is 1.17. The zero-order valence-electron chi connectivity index (χ0n) is 13.4. The zero-order chi connectivity index (χ0) is 18.0. The normalized spacial score (nSPS) is 10.5. The van der Waals surface area contributed by atoms with Crippen molar-refractivity contribution in [1.29, 1.82) is 0 Å². The minimum absolute atomic E-state index is 0.0198. The molecule has 1 aromatic heterocycles. The summed E-state index contributed by atoms with van der Waals surface area (Å²) < 4.78 is 5.27. The van der Waals surface area contributed by atoms with E-state index in [1.165, 1.54) is 19.1 Å². The molecular weight excluding hydrogens is 316 g/mol. The largest absolute Gasteiger partial charge is 0.478 e. The standard InChI is InChI=1S/C16H16N2O6/c1-8-4-9(2)14(18(22)23)6-12(8)15(19)17-7-11-5-13(16(20)21)10(3)24-11/h4-6H,7H2,1-3H3,(H,17,19)(H,20,21). The number of amides is 1. The van der Waals surface area contributed by atoms with Crippen LogP contribution in [0.4, 0.5) is 5.69 Å². The molecule has 8 nitrogen and oxygen atoms in total. The molecule has 2 N–H and O–H groups in total. The second-order valence-electron chi connectivity index (χ2n) is 5.38. The van der Waals surface area contributed by atoms with Crippen LogP contribution in [0.3, 0.4) is 0 Å². The Labute approximate surface area is 137 Å². The Balaban J connectivity index is 2.18. The molecule has 0 spiro atoms. The van der Waals surface area contributed by atoms with Gasteiger partial charge in [-0.2, -0.15) is 0 Å². The molecule has 24 heavy (non-hydrogen) atoms. The number of aromatic carboxylic acids is 1. The number of carbonyl (C=O) groups is 2. The van der Waals surface area contributed by atoms with Crippen molar-refractivity contribution in [2.45, 2.75) is 27.3 Å². The van der Waals surface area contributed by atoms with Crippen molar-refractivity contribution in [1.82, 2.24) is 5.32 Å². The molecule has 0 aliphatic heterocycles. The van der Waals surface area contributed by atoms with Crippen LogP contribution in [-0.2, 0) is 6.54 Å². The van der Waals surface area contributed by atoms with E-state index in [1.54, 1.807) is 19.9 Å². The number of nitro benzene ring substituents is 1. The number of nitrogens with one attached hydrogen (secondary N) is 1. The Morgan fingerprint density at radius 1 is 1.17 bits per heavy atom. The SMILES string of the molecule is Cc1cc(C)c([N+](=O)[O-])cc1C(=O)NCc1cc(C(=O)O)c(C)o1. The molecule has 0 saturated heterocycles. The second-order valence-corrected chi connectivity index (χ2v) is 5.38. The monoisotopic (exact) mass is 332 g/mol. The smallest absolute Gasteiger partial charge is 0.339 e. The third-order valence-corrected chi connectivity index (χ3v) is 3.61. The van der Waals surface area contributed by atoms with Crippen LogP contribution < -0.4 is 5.32 Å². The maximum absolute atomic E-state index is 12.3. The maximum Gasteiger partial charge on any atom is 0.339 e. The topological polar surface area (TPSA) is 123 Å². The summed E-state index contributed by atoms with van der Waals surface area (Å²) in [7, 11) is 0. The van der Waals surface area contributed by atoms with Crippen LogP contribution in [0, 0.1) is 30.9 Å². The molecule has 0 fully saturated rings. The average Bonchev–Trinajstić information content (AvgIpc) is 2.85. The highest BCUT2D eigenvalue weighted by Gasteiger charge is 2.19. The number of hydrogen-bond acceptors (Lipinski definition) is 5. The van der Waals surface area contributed by atoms with Gasteiger partial charge in [0.1, 0.15) is 17.1 Å². The van der Waals surface area contributed by atoms with Crippen molar-refractivity contribution in [2.24, 2.45) is 0 Å². The Morgan fingerprint density at radius 3 is 2.38 bits per heavy atom. The summed E-state index contributed by atoms with van der Waals surface area (Å²) in [6, 6.07) is 4.14. The van der Waals surface area contributed by atoms with E-state index in [0.29, 0.717) is 11.1 Å². The first-order valence-electron chi connectivity index (χ1n) is 7.07. The van der Waals surface area contributed by atoms with Gasteiger partial charge in [0.15, 0.2) is 0 Å². The summed E-state index contributed by atoms with van der Waals surface area (Å²) >= 11 is 0. The van der Waals surface area contributed by atoms with E-state index in [0.717, 1.165) is 0 Å². The Bertz CT molecular complexity index is 837. The lowest BCUT2D eigenvalue weighted by molar-refractivity contribution is -0.385. The van der Waals surface area contributed by atoms with E-state index >= 15 is 0 Å². The number of nitrogens with zero attached hydrogens (tertiary/aromatic N) is 1. The van der Waals surface area contributed by atoms with Crippen molar-refractivity contribution in [3.05, 3.63) is 62.1 Å². The quantitative estimate of drug-likeness (QED) is 0.641. The first-order chi connectivity index (χ1) is 11.2. The molecular formula is C16H16N2O6. The number of carbonyl (C=O) groups excluding carboxylic acids is 1. The highest BCUT2D eigenvalue weighted by molar-refractivity contribution is 5.96. The first kappa shape index (κ1) is 17.2. The van der Waals surface area contributed by atoms with Gasteiger partial charge in [-0.05, 0) is 38.5 Å². The molecule has 2 aromatic rings. The maximum atomic E-state index is 12.3. The summed E-state index contributed by atoms with van der Waals surface area (Å²) in [6.07, 6.45) is 0. The van der Waals surface area contributed by atoms with Gasteiger partial charge in [0, 0.05) is 17.2 Å². The van der Waals surface area contributed by atoms with Gasteiger partial charge >= 0.3 is 5.97 Å². The number of carboxylic acid groups (broad SMARTS) is 1. The van der Waals surface area contributed by atoms with Crippen LogP contribution in [0.25, 0.3) is 0 Å². The number of benzene rings is 1. The van der Waals surface area contributed by atoms with Crippen molar-refractivity contribution in [3.63, 3.8) is 0 Å². The lowest BCUT2D eigenvalue weighted by Crippen LogP contribution is -2.23. The van der Waals surface area contributed by atoms with Gasteiger partial charge in [-0.3, -0.25) is 14.9 Å². The Morgan fingerprint density at radius 2 is 1.83 bits per heavy atom. The zero-order valence-corrected chi connectivity index (χ0v) is 13.4. The van der Waals surface area contributed by atoms with Gasteiger partial charge in [-0.15, -0.1) is 0 Å². The van der Waals surface area contributed by atoms with Gasteiger partial charge in [0.25, 0.3) is 11.6 Å². The second kappa shape index (κ2) is 6.53. The number of carboxylic acids is 1. The lowest BCUT2D eigenvalue weighted by atomic mass is 10.0. The van der Waals surface area contributed by atoms with E-state index in [4.69, 9.17) is 9.52 Å². The van der Waals surface area contributed by atoms with Gasteiger partial charge in [0.05, 0.1) is 11.5 Å². The summed E-state index contributed by atoms with van der Waals surface area (Å²) in [5.74, 6) is -1.08. The molecule has 2 rings (SSSR count). The third kappa shape index (κ3) is 3.43. The van der Waals surface area contributed by atoms with Crippen LogP contribution in [0.15, 0.2) is 22.6 Å². The fourth-order valence-electron chi connectivity index (χ4n) is 2.39. The molecule has 1 heterocycles. The van der Waals surface area contributed by atoms with E-state index < -0.39 is 16.8 Å². The van der Waals surface area contributed by atoms with Crippen molar-refractivity contribution in [2.75, 3.05) is 0 Å². The van der Waals surface area contributed by atoms with Crippen molar-refractivity contribution >= 4 is 17.6 Å². The average molecular weight is 332 g/mol. The van der Waals surface area contributed by atoms with Crippen molar-refractivity contribution < 1.29 is 24.0 Å². The van der Waals surface area contributed by atoms with E-state index in [9.17, 15) is 19.7 Å². The number of nitro groups is 1. The van der Waals surface area contributed by atoms with Gasteiger partial charge in [-0.1, -0.05) is 0 Å². The third-order valence-electron chi connectivity index (χ3n) is 3.61. The minimum atomic E-state index is -1.11. The summed E-state index contributed by atoms with van der Waals surface area (Å²) in [5, 5.41) is 22.5. The predicted molar refractivity (Wildman–Crippen MR) is 84.1 cm³/mol. The van der Waals surface area contributed by atoms with Gasteiger partial charge in [0.2, 0.25) is 0 Å². The molecule has 0 atom stereocenters. The molecule has 8 heteroatoms. The highest BCUT2D eigenvalue weighted by atomic mass is 16.6. The first-order valence-corrected chi connectivity index (χ1v) is 7.07.